The van der Waals surface area contributed by atoms with Gasteiger partial charge in [-0.15, -0.1) is 0 Å². The number of non-ortho nitro benzene ring substituents is 1. The van der Waals surface area contributed by atoms with Gasteiger partial charge in [-0.05, 0) is 23.1 Å². The van der Waals surface area contributed by atoms with Crippen LogP contribution in [0, 0.1) is 10.1 Å². The first-order valence-electron chi connectivity index (χ1n) is 6.54. The number of nitro groups is 1. The predicted molar refractivity (Wildman–Crippen MR) is 82.2 cm³/mol. The smallest absolute Gasteiger partial charge is 0.271 e. The molecule has 0 aliphatic rings. The van der Waals surface area contributed by atoms with Gasteiger partial charge in [-0.2, -0.15) is 0 Å². The molecule has 0 saturated heterocycles. The molecule has 1 heterocycles. The van der Waals surface area contributed by atoms with Gasteiger partial charge in [0.05, 0.1) is 4.92 Å². The Morgan fingerprint density at radius 2 is 2.00 bits per heavy atom. The summed E-state index contributed by atoms with van der Waals surface area (Å²) in [5.41, 5.74) is 1.94. The molecule has 5 heteroatoms. The van der Waals surface area contributed by atoms with E-state index in [2.05, 4.69) is 10.3 Å². The standard InChI is InChI=1S/C16H13N3O2/c20-19(21)15-6-2-5-14(9-15)18-11-13-4-1-3-12-10-17-8-7-16(12)13/h1-10,18H,11H2. The van der Waals surface area contributed by atoms with E-state index in [1.807, 2.05) is 36.5 Å². The van der Waals surface area contributed by atoms with Crippen LogP contribution in [0.2, 0.25) is 0 Å². The summed E-state index contributed by atoms with van der Waals surface area (Å²) in [6.07, 6.45) is 3.59. The van der Waals surface area contributed by atoms with Crippen molar-refractivity contribution in [3.63, 3.8) is 0 Å². The summed E-state index contributed by atoms with van der Waals surface area (Å²) in [4.78, 5) is 14.5. The van der Waals surface area contributed by atoms with Crippen LogP contribution in [0.1, 0.15) is 5.56 Å². The van der Waals surface area contributed by atoms with Gasteiger partial charge in [0.25, 0.3) is 5.69 Å². The van der Waals surface area contributed by atoms with E-state index in [1.165, 1.54) is 12.1 Å². The molecule has 0 aliphatic carbocycles. The van der Waals surface area contributed by atoms with Gasteiger partial charge in [0, 0.05) is 42.1 Å². The lowest BCUT2D eigenvalue weighted by atomic mass is 10.1. The zero-order valence-electron chi connectivity index (χ0n) is 11.2. The van der Waals surface area contributed by atoms with Gasteiger partial charge in [-0.1, -0.05) is 24.3 Å². The van der Waals surface area contributed by atoms with E-state index in [9.17, 15) is 10.1 Å². The van der Waals surface area contributed by atoms with Crippen LogP contribution in [0.15, 0.2) is 60.9 Å². The molecule has 104 valence electrons. The van der Waals surface area contributed by atoms with Gasteiger partial charge in [-0.25, -0.2) is 0 Å². The third kappa shape index (κ3) is 2.81. The molecule has 0 spiro atoms. The topological polar surface area (TPSA) is 68.1 Å². The first-order valence-corrected chi connectivity index (χ1v) is 6.54. The lowest BCUT2D eigenvalue weighted by Gasteiger charge is -2.09. The molecule has 3 aromatic rings. The molecule has 0 fully saturated rings. The number of nitrogens with one attached hydrogen (secondary N) is 1. The molecule has 1 aromatic heterocycles. The second-order valence-corrected chi connectivity index (χ2v) is 4.67. The summed E-state index contributed by atoms with van der Waals surface area (Å²) in [5.74, 6) is 0. The Morgan fingerprint density at radius 3 is 2.86 bits per heavy atom. The molecule has 0 saturated carbocycles. The molecule has 0 radical (unpaired) electrons. The van der Waals surface area contributed by atoms with Crippen LogP contribution in [0.3, 0.4) is 0 Å². The van der Waals surface area contributed by atoms with Crippen LogP contribution < -0.4 is 5.32 Å². The van der Waals surface area contributed by atoms with Crippen molar-refractivity contribution < 1.29 is 4.92 Å². The molecular formula is C16H13N3O2. The summed E-state index contributed by atoms with van der Waals surface area (Å²) in [5, 5.41) is 16.2. The molecule has 0 amide bonds. The Morgan fingerprint density at radius 1 is 1.14 bits per heavy atom. The summed E-state index contributed by atoms with van der Waals surface area (Å²) in [7, 11) is 0. The molecule has 0 aliphatic heterocycles. The molecule has 0 unspecified atom stereocenters. The van der Waals surface area contributed by atoms with Gasteiger partial charge >= 0.3 is 0 Å². The van der Waals surface area contributed by atoms with E-state index < -0.39 is 4.92 Å². The Kier molecular flexibility index (Phi) is 3.47. The zero-order chi connectivity index (χ0) is 14.7. The maximum Gasteiger partial charge on any atom is 0.271 e. The van der Waals surface area contributed by atoms with Crippen LogP contribution in [-0.4, -0.2) is 9.91 Å². The minimum absolute atomic E-state index is 0.0853. The van der Waals surface area contributed by atoms with Gasteiger partial charge < -0.3 is 5.32 Å². The van der Waals surface area contributed by atoms with Crippen LogP contribution >= 0.6 is 0 Å². The lowest BCUT2D eigenvalue weighted by molar-refractivity contribution is -0.384. The SMILES string of the molecule is O=[N+]([O-])c1cccc(NCc2cccc3cnccc23)c1. The van der Waals surface area contributed by atoms with Crippen LogP contribution in [0.5, 0.6) is 0 Å². The van der Waals surface area contributed by atoms with Crippen molar-refractivity contribution in [3.8, 4) is 0 Å². The summed E-state index contributed by atoms with van der Waals surface area (Å²) < 4.78 is 0. The normalized spacial score (nSPS) is 10.5. The highest BCUT2D eigenvalue weighted by molar-refractivity contribution is 5.84. The molecule has 1 N–H and O–H groups in total. The fourth-order valence-electron chi connectivity index (χ4n) is 2.27. The molecule has 21 heavy (non-hydrogen) atoms. The van der Waals surface area contributed by atoms with E-state index in [0.29, 0.717) is 6.54 Å². The quantitative estimate of drug-likeness (QED) is 0.583. The number of hydrogen-bond acceptors (Lipinski definition) is 4. The van der Waals surface area contributed by atoms with E-state index >= 15 is 0 Å². The van der Waals surface area contributed by atoms with Crippen molar-refractivity contribution >= 4 is 22.1 Å². The Labute approximate surface area is 121 Å². The van der Waals surface area contributed by atoms with Gasteiger partial charge in [0.2, 0.25) is 0 Å². The molecule has 3 rings (SSSR count). The third-order valence-corrected chi connectivity index (χ3v) is 3.31. The number of fused-ring (bicyclic) bond motifs is 1. The second-order valence-electron chi connectivity index (χ2n) is 4.67. The van der Waals surface area contributed by atoms with E-state index in [1.54, 1.807) is 12.3 Å². The lowest BCUT2D eigenvalue weighted by Crippen LogP contribution is -2.00. The molecule has 0 bridgehead atoms. The first kappa shape index (κ1) is 13.1. The number of benzene rings is 2. The van der Waals surface area contributed by atoms with Crippen LogP contribution in [-0.2, 0) is 6.54 Å². The maximum atomic E-state index is 10.8. The number of nitro benzene ring substituents is 1. The maximum absolute atomic E-state index is 10.8. The summed E-state index contributed by atoms with van der Waals surface area (Å²) in [6.45, 7) is 0.600. The monoisotopic (exact) mass is 279 g/mol. The van der Waals surface area contributed by atoms with Crippen molar-refractivity contribution in [1.29, 1.82) is 0 Å². The van der Waals surface area contributed by atoms with Gasteiger partial charge in [0.15, 0.2) is 0 Å². The fourth-order valence-corrected chi connectivity index (χ4v) is 2.27. The van der Waals surface area contributed by atoms with E-state index in [4.69, 9.17) is 0 Å². The number of aromatic nitrogens is 1. The van der Waals surface area contributed by atoms with Crippen molar-refractivity contribution in [2.75, 3.05) is 5.32 Å². The van der Waals surface area contributed by atoms with E-state index in [0.717, 1.165) is 22.0 Å². The number of pyridine rings is 1. The summed E-state index contributed by atoms with van der Waals surface area (Å²) >= 11 is 0. The molecule has 0 atom stereocenters. The highest BCUT2D eigenvalue weighted by Gasteiger charge is 2.06. The summed E-state index contributed by atoms with van der Waals surface area (Å²) in [6, 6.07) is 14.5. The Hall–Kier alpha value is -2.95. The van der Waals surface area contributed by atoms with Gasteiger partial charge in [0.1, 0.15) is 0 Å². The van der Waals surface area contributed by atoms with E-state index in [-0.39, 0.29) is 5.69 Å². The highest BCUT2D eigenvalue weighted by Crippen LogP contribution is 2.21. The molecular weight excluding hydrogens is 266 g/mol. The van der Waals surface area contributed by atoms with Crippen molar-refractivity contribution in [2.45, 2.75) is 6.54 Å². The third-order valence-electron chi connectivity index (χ3n) is 3.31. The van der Waals surface area contributed by atoms with Crippen molar-refractivity contribution in [1.82, 2.24) is 4.98 Å². The Balaban J connectivity index is 1.84. The predicted octanol–water partition coefficient (Wildman–Crippen LogP) is 3.76. The minimum Gasteiger partial charge on any atom is -0.381 e. The van der Waals surface area contributed by atoms with Gasteiger partial charge in [-0.3, -0.25) is 15.1 Å². The minimum atomic E-state index is -0.394. The highest BCUT2D eigenvalue weighted by atomic mass is 16.6. The second kappa shape index (κ2) is 5.58. The Bertz CT molecular complexity index is 797. The number of anilines is 1. The number of rotatable bonds is 4. The van der Waals surface area contributed by atoms with Crippen molar-refractivity contribution in [2.24, 2.45) is 0 Å². The molecule has 2 aromatic carbocycles. The number of nitrogens with zero attached hydrogens (tertiary/aromatic N) is 2. The van der Waals surface area contributed by atoms with Crippen LogP contribution in [0.4, 0.5) is 11.4 Å². The number of hydrogen-bond donors (Lipinski definition) is 1. The zero-order valence-corrected chi connectivity index (χ0v) is 11.2. The van der Waals surface area contributed by atoms with Crippen LogP contribution in [0.25, 0.3) is 10.8 Å². The average Bonchev–Trinajstić information content (AvgIpc) is 2.53. The molecule has 5 nitrogen and oxygen atoms in total. The first-order chi connectivity index (χ1) is 10.2. The fraction of sp³-hybridized carbons (Fsp3) is 0.0625. The largest absolute Gasteiger partial charge is 0.381 e. The average molecular weight is 279 g/mol. The van der Waals surface area contributed by atoms with Crippen molar-refractivity contribution in [3.05, 3.63) is 76.6 Å².